The summed E-state index contributed by atoms with van der Waals surface area (Å²) in [5.74, 6) is 2.83. The fraction of sp³-hybridized carbons (Fsp3) is 0.200. The van der Waals surface area contributed by atoms with Gasteiger partial charge in [-0.1, -0.05) is 40.9 Å². The van der Waals surface area contributed by atoms with E-state index in [2.05, 4.69) is 5.92 Å². The van der Waals surface area contributed by atoms with Gasteiger partial charge >= 0.3 is 0 Å². The first-order chi connectivity index (χ1) is 13.4. The van der Waals surface area contributed by atoms with Crippen molar-refractivity contribution >= 4 is 51.8 Å². The van der Waals surface area contributed by atoms with Crippen molar-refractivity contribution in [2.75, 3.05) is 18.6 Å². The topological polar surface area (TPSA) is 55.8 Å². The minimum atomic E-state index is -0.568. The average molecular weight is 436 g/mol. The lowest BCUT2D eigenvalue weighted by Gasteiger charge is -2.15. The summed E-state index contributed by atoms with van der Waals surface area (Å²) in [5, 5.41) is -0.0485. The number of imide groups is 1. The quantitative estimate of drug-likeness (QED) is 0.608. The summed E-state index contributed by atoms with van der Waals surface area (Å²) in [6.45, 7) is 0.0525. The molecule has 1 saturated heterocycles. The van der Waals surface area contributed by atoms with Crippen molar-refractivity contribution in [1.82, 2.24) is 0 Å². The van der Waals surface area contributed by atoms with Crippen molar-refractivity contribution in [2.24, 2.45) is 0 Å². The summed E-state index contributed by atoms with van der Waals surface area (Å²) in [6, 6.07) is 9.95. The molecule has 2 aromatic carbocycles. The lowest BCUT2D eigenvalue weighted by Crippen LogP contribution is -2.32. The van der Waals surface area contributed by atoms with Crippen LogP contribution in [0.3, 0.4) is 0 Å². The van der Waals surface area contributed by atoms with Crippen molar-refractivity contribution in [1.29, 1.82) is 0 Å². The fourth-order valence-electron chi connectivity index (χ4n) is 2.77. The predicted molar refractivity (Wildman–Crippen MR) is 112 cm³/mol. The van der Waals surface area contributed by atoms with Gasteiger partial charge in [0, 0.05) is 5.02 Å². The Balaban J connectivity index is 1.81. The normalized spacial score (nSPS) is 16.2. The van der Waals surface area contributed by atoms with E-state index < -0.39 is 5.25 Å². The third-order valence-corrected chi connectivity index (χ3v) is 5.59. The summed E-state index contributed by atoms with van der Waals surface area (Å²) in [6.07, 6.45) is 5.52. The van der Waals surface area contributed by atoms with E-state index in [1.165, 1.54) is 7.11 Å². The molecule has 5 nitrogen and oxygen atoms in total. The van der Waals surface area contributed by atoms with Crippen molar-refractivity contribution in [3.05, 3.63) is 52.0 Å². The van der Waals surface area contributed by atoms with Crippen LogP contribution in [0.4, 0.5) is 10.5 Å². The van der Waals surface area contributed by atoms with Gasteiger partial charge in [-0.15, -0.1) is 6.42 Å². The maximum absolute atomic E-state index is 12.8. The molecule has 0 spiro atoms. The SMILES string of the molecule is C#CCOc1c(Cl)cc(C[C@H]2SC(=O)N(c3ccc(Cl)cc3)C2=O)cc1OC. The Morgan fingerprint density at radius 3 is 2.57 bits per heavy atom. The number of carbonyl (C=O) groups is 2. The molecule has 8 heteroatoms. The molecule has 0 N–H and O–H groups in total. The number of amides is 2. The smallest absolute Gasteiger partial charge is 0.293 e. The number of methoxy groups -OCH3 is 1. The predicted octanol–water partition coefficient (Wildman–Crippen LogP) is 4.83. The molecule has 0 aliphatic carbocycles. The van der Waals surface area contributed by atoms with Gasteiger partial charge in [-0.05, 0) is 48.4 Å². The molecule has 0 saturated carbocycles. The molecule has 28 heavy (non-hydrogen) atoms. The van der Waals surface area contributed by atoms with Crippen LogP contribution in [0.15, 0.2) is 36.4 Å². The van der Waals surface area contributed by atoms with Crippen LogP contribution < -0.4 is 14.4 Å². The zero-order valence-corrected chi connectivity index (χ0v) is 17.1. The number of hydrogen-bond acceptors (Lipinski definition) is 5. The highest BCUT2D eigenvalue weighted by molar-refractivity contribution is 8.15. The summed E-state index contributed by atoms with van der Waals surface area (Å²) >= 11 is 13.1. The number of carbonyl (C=O) groups excluding carboxylic acids is 2. The third-order valence-electron chi connectivity index (χ3n) is 4.02. The van der Waals surface area contributed by atoms with Crippen LogP contribution in [0.1, 0.15) is 5.56 Å². The highest BCUT2D eigenvalue weighted by Gasteiger charge is 2.40. The van der Waals surface area contributed by atoms with Crippen LogP contribution in [0.25, 0.3) is 0 Å². The summed E-state index contributed by atoms with van der Waals surface area (Å²) in [5.41, 5.74) is 1.23. The maximum atomic E-state index is 12.8. The molecule has 0 bridgehead atoms. The molecule has 0 radical (unpaired) electrons. The van der Waals surface area contributed by atoms with E-state index in [1.807, 2.05) is 0 Å². The van der Waals surface area contributed by atoms with Crippen LogP contribution in [-0.2, 0) is 11.2 Å². The number of thioether (sulfide) groups is 1. The number of halogens is 2. The van der Waals surface area contributed by atoms with Gasteiger partial charge in [0.2, 0.25) is 5.91 Å². The first kappa shape index (κ1) is 20.4. The number of nitrogens with zero attached hydrogens (tertiary/aromatic N) is 1. The second-order valence-corrected chi connectivity index (χ2v) is 7.83. The number of rotatable bonds is 6. The third kappa shape index (κ3) is 4.22. The highest BCUT2D eigenvalue weighted by Crippen LogP contribution is 2.39. The Labute approximate surface area is 176 Å². The summed E-state index contributed by atoms with van der Waals surface area (Å²) in [7, 11) is 1.49. The molecule has 0 aromatic heterocycles. The molecule has 3 rings (SSSR count). The molecule has 1 aliphatic heterocycles. The highest BCUT2D eigenvalue weighted by atomic mass is 35.5. The van der Waals surface area contributed by atoms with Crippen molar-refractivity contribution in [3.8, 4) is 23.8 Å². The van der Waals surface area contributed by atoms with E-state index in [9.17, 15) is 9.59 Å². The molecule has 1 atom stereocenters. The van der Waals surface area contributed by atoms with Gasteiger partial charge in [0.15, 0.2) is 11.5 Å². The Morgan fingerprint density at radius 2 is 1.93 bits per heavy atom. The molecule has 1 heterocycles. The second kappa shape index (κ2) is 8.78. The minimum absolute atomic E-state index is 0.0525. The number of anilines is 1. The molecule has 0 unspecified atom stereocenters. The average Bonchev–Trinajstić information content (AvgIpc) is 2.94. The minimum Gasteiger partial charge on any atom is -0.493 e. The van der Waals surface area contributed by atoms with E-state index in [0.717, 1.165) is 22.2 Å². The van der Waals surface area contributed by atoms with Gasteiger partial charge in [0.05, 0.1) is 23.1 Å². The van der Waals surface area contributed by atoms with Crippen LogP contribution in [-0.4, -0.2) is 30.1 Å². The zero-order valence-electron chi connectivity index (χ0n) is 14.8. The van der Waals surface area contributed by atoms with Gasteiger partial charge in [0.1, 0.15) is 6.61 Å². The Morgan fingerprint density at radius 1 is 1.21 bits per heavy atom. The van der Waals surface area contributed by atoms with Crippen molar-refractivity contribution < 1.29 is 19.1 Å². The van der Waals surface area contributed by atoms with Gasteiger partial charge in [-0.2, -0.15) is 0 Å². The van der Waals surface area contributed by atoms with Crippen LogP contribution in [0.5, 0.6) is 11.5 Å². The van der Waals surface area contributed by atoms with Gasteiger partial charge < -0.3 is 9.47 Å². The molecule has 2 amide bonds. The Hall–Kier alpha value is -2.33. The van der Waals surface area contributed by atoms with E-state index >= 15 is 0 Å². The molecular weight excluding hydrogens is 421 g/mol. The lowest BCUT2D eigenvalue weighted by molar-refractivity contribution is -0.117. The van der Waals surface area contributed by atoms with Gasteiger partial charge in [-0.25, -0.2) is 4.90 Å². The maximum Gasteiger partial charge on any atom is 0.293 e. The molecule has 2 aromatic rings. The first-order valence-corrected chi connectivity index (χ1v) is 9.81. The van der Waals surface area contributed by atoms with Crippen molar-refractivity contribution in [2.45, 2.75) is 11.7 Å². The van der Waals surface area contributed by atoms with E-state index in [-0.39, 0.29) is 17.8 Å². The second-order valence-electron chi connectivity index (χ2n) is 5.83. The van der Waals surface area contributed by atoms with Crippen LogP contribution in [0.2, 0.25) is 10.0 Å². The Bertz CT molecular complexity index is 956. The van der Waals surface area contributed by atoms with Gasteiger partial charge in [-0.3, -0.25) is 9.59 Å². The molecule has 144 valence electrons. The van der Waals surface area contributed by atoms with Gasteiger partial charge in [0.25, 0.3) is 5.24 Å². The number of hydrogen-bond donors (Lipinski definition) is 0. The Kier molecular flexibility index (Phi) is 6.40. The van der Waals surface area contributed by atoms with E-state index in [0.29, 0.717) is 33.7 Å². The molecule has 1 fully saturated rings. The number of terminal acetylenes is 1. The monoisotopic (exact) mass is 435 g/mol. The lowest BCUT2D eigenvalue weighted by atomic mass is 10.1. The number of ether oxygens (including phenoxy) is 2. The van der Waals surface area contributed by atoms with Crippen molar-refractivity contribution in [3.63, 3.8) is 0 Å². The molecule has 1 aliphatic rings. The first-order valence-electron chi connectivity index (χ1n) is 8.17. The largest absolute Gasteiger partial charge is 0.493 e. The molecular formula is C20H15Cl2NO4S. The van der Waals surface area contributed by atoms with Crippen LogP contribution >= 0.6 is 35.0 Å². The summed E-state index contributed by atoms with van der Waals surface area (Å²) in [4.78, 5) is 26.3. The summed E-state index contributed by atoms with van der Waals surface area (Å²) < 4.78 is 10.7. The standard InChI is InChI=1S/C20H15Cl2NO4S/c1-3-8-27-18-15(22)9-12(10-16(18)26-2)11-17-19(24)23(20(25)28-17)14-6-4-13(21)5-7-14/h1,4-7,9-10,17H,8,11H2,2H3/t17-/m1/s1. The van der Waals surface area contributed by atoms with E-state index in [1.54, 1.807) is 36.4 Å². The van der Waals surface area contributed by atoms with Crippen LogP contribution in [0, 0.1) is 12.3 Å². The number of benzene rings is 2. The fourth-order valence-corrected chi connectivity index (χ4v) is 4.21. The zero-order chi connectivity index (χ0) is 20.3. The van der Waals surface area contributed by atoms with E-state index in [4.69, 9.17) is 39.1 Å².